The van der Waals surface area contributed by atoms with Crippen molar-refractivity contribution >= 4 is 18.2 Å². The van der Waals surface area contributed by atoms with Crippen LogP contribution >= 0.6 is 0 Å². The van der Waals surface area contributed by atoms with Gasteiger partial charge in [0.05, 0.1) is 7.11 Å². The number of ether oxygens (including phenoxy) is 4. The summed E-state index contributed by atoms with van der Waals surface area (Å²) in [5, 5.41) is 0. The molecule has 248 valence electrons. The average Bonchev–Trinajstić information content (AvgIpc) is 3.17. The van der Waals surface area contributed by atoms with Gasteiger partial charge < -0.3 is 18.9 Å². The second-order valence-electron chi connectivity index (χ2n) is 10.5. The lowest BCUT2D eigenvalue weighted by molar-refractivity contribution is 0.414. The second kappa shape index (κ2) is 20.2. The monoisotopic (exact) mass is 680 g/mol. The molecule has 4 rings (SSSR count). The Hall–Kier alpha value is -8.40. The van der Waals surface area contributed by atoms with Crippen LogP contribution < -0.4 is 18.9 Å². The van der Waals surface area contributed by atoms with Gasteiger partial charge in [0.1, 0.15) is 29.8 Å². The van der Waals surface area contributed by atoms with Gasteiger partial charge in [0.2, 0.25) is 0 Å². The molecule has 0 aliphatic heterocycles. The molecule has 0 fully saturated rings. The Morgan fingerprint density at radius 3 is 1.87 bits per heavy atom. The zero-order chi connectivity index (χ0) is 37.7. The second-order valence-corrected chi connectivity index (χ2v) is 10.5. The third-order valence-corrected chi connectivity index (χ3v) is 7.03. The van der Waals surface area contributed by atoms with Crippen molar-refractivity contribution in [3.05, 3.63) is 101 Å². The van der Waals surface area contributed by atoms with Gasteiger partial charge in [0, 0.05) is 41.1 Å². The molecular formula is C49H28O4. The number of allylic oxidation sites excluding steroid dienone is 1. The van der Waals surface area contributed by atoms with Crippen LogP contribution in [0.15, 0.2) is 78.9 Å². The van der Waals surface area contributed by atoms with E-state index in [4.69, 9.17) is 38.2 Å². The van der Waals surface area contributed by atoms with E-state index in [1.807, 2.05) is 68.5 Å². The minimum absolute atomic E-state index is 0.321. The number of methoxy groups -OCH3 is 1. The molecule has 4 aromatic rings. The van der Waals surface area contributed by atoms with Crippen molar-refractivity contribution < 1.29 is 18.9 Å². The Morgan fingerprint density at radius 1 is 0.509 bits per heavy atom. The maximum Gasteiger partial charge on any atom is 0.184 e. The van der Waals surface area contributed by atoms with Gasteiger partial charge in [-0.3, -0.25) is 0 Å². The van der Waals surface area contributed by atoms with Crippen LogP contribution in [0.3, 0.4) is 0 Å². The molecule has 0 heterocycles. The highest BCUT2D eigenvalue weighted by Crippen LogP contribution is 2.38. The summed E-state index contributed by atoms with van der Waals surface area (Å²) in [7, 11) is 1.64. The number of hydrogen-bond acceptors (Lipinski definition) is 4. The first-order valence-electron chi connectivity index (χ1n) is 15.8. The topological polar surface area (TPSA) is 36.9 Å². The summed E-state index contributed by atoms with van der Waals surface area (Å²) in [4.78, 5) is 0. The van der Waals surface area contributed by atoms with Gasteiger partial charge >= 0.3 is 0 Å². The molecule has 0 atom stereocenters. The van der Waals surface area contributed by atoms with E-state index in [2.05, 4.69) is 120 Å². The number of terminal acetylenes is 3. The van der Waals surface area contributed by atoms with E-state index in [-0.39, 0.29) is 0 Å². The van der Waals surface area contributed by atoms with Crippen LogP contribution in [0.2, 0.25) is 0 Å². The quantitative estimate of drug-likeness (QED) is 0.131. The van der Waals surface area contributed by atoms with E-state index in [9.17, 15) is 0 Å². The van der Waals surface area contributed by atoms with Gasteiger partial charge in [-0.1, -0.05) is 66.3 Å². The van der Waals surface area contributed by atoms with Crippen LogP contribution in [-0.2, 0) is 0 Å². The van der Waals surface area contributed by atoms with Crippen LogP contribution in [0, 0.1) is 116 Å². The molecule has 0 aliphatic rings. The maximum absolute atomic E-state index is 5.85. The summed E-state index contributed by atoms with van der Waals surface area (Å²) in [5.74, 6) is 31.1. The highest BCUT2D eigenvalue weighted by atomic mass is 16.5. The Bertz CT molecular complexity index is 2610. The lowest BCUT2D eigenvalue weighted by Gasteiger charge is -2.14. The third kappa shape index (κ3) is 11.1. The molecule has 0 radical (unpaired) electrons. The zero-order valence-corrected chi connectivity index (χ0v) is 29.1. The van der Waals surface area contributed by atoms with Gasteiger partial charge in [-0.15, -0.1) is 19.3 Å². The van der Waals surface area contributed by atoms with Gasteiger partial charge in [-0.05, 0) is 119 Å². The van der Waals surface area contributed by atoms with E-state index < -0.39 is 0 Å². The Labute approximate surface area is 312 Å². The van der Waals surface area contributed by atoms with Crippen LogP contribution in [0.5, 0.6) is 23.0 Å². The van der Waals surface area contributed by atoms with Gasteiger partial charge in [-0.25, -0.2) is 0 Å². The number of hydrogen-bond donors (Lipinski definition) is 0. The van der Waals surface area contributed by atoms with Crippen molar-refractivity contribution in [3.8, 4) is 154 Å². The van der Waals surface area contributed by atoms with Gasteiger partial charge in [0.15, 0.2) is 11.5 Å². The predicted molar refractivity (Wildman–Crippen MR) is 214 cm³/mol. The number of rotatable bonds is 9. The maximum atomic E-state index is 5.85. The SMILES string of the molecule is C#CC#CC#CC#CC#COc1cccc(-c2cc(C)ccc2/C=C/c2cc(-c3ccc(OC#CC#C)c(OC#CC#C)c3)c(/C=C/C)cc2OC)c1. The summed E-state index contributed by atoms with van der Waals surface area (Å²) in [6, 6.07) is 23.4. The molecule has 0 amide bonds. The van der Waals surface area contributed by atoms with E-state index in [0.29, 0.717) is 23.0 Å². The summed E-state index contributed by atoms with van der Waals surface area (Å²) < 4.78 is 22.6. The van der Waals surface area contributed by atoms with Crippen molar-refractivity contribution in [2.75, 3.05) is 7.11 Å². The molecule has 0 unspecified atom stereocenters. The molecule has 53 heavy (non-hydrogen) atoms. The molecule has 0 spiro atoms. The molecule has 0 N–H and O–H groups in total. The summed E-state index contributed by atoms with van der Waals surface area (Å²) in [6.07, 6.45) is 31.1. The van der Waals surface area contributed by atoms with Crippen molar-refractivity contribution in [2.24, 2.45) is 0 Å². The minimum atomic E-state index is 0.321. The molecule has 0 aromatic heterocycles. The fourth-order valence-electron chi connectivity index (χ4n) is 4.82. The molecule has 0 saturated heterocycles. The average molecular weight is 681 g/mol. The molecule has 4 heteroatoms. The lowest BCUT2D eigenvalue weighted by Crippen LogP contribution is -1.94. The van der Waals surface area contributed by atoms with Crippen molar-refractivity contribution in [1.29, 1.82) is 0 Å². The first-order chi connectivity index (χ1) is 26.0. The summed E-state index contributed by atoms with van der Waals surface area (Å²) in [6.45, 7) is 4.00. The molecule has 4 nitrogen and oxygen atoms in total. The summed E-state index contributed by atoms with van der Waals surface area (Å²) in [5.41, 5.74) is 7.54. The summed E-state index contributed by atoms with van der Waals surface area (Å²) >= 11 is 0. The highest BCUT2D eigenvalue weighted by Gasteiger charge is 2.14. The first kappa shape index (κ1) is 37.4. The predicted octanol–water partition coefficient (Wildman–Crippen LogP) is 8.47. The van der Waals surface area contributed by atoms with Crippen molar-refractivity contribution in [1.82, 2.24) is 0 Å². The number of aryl methyl sites for hydroxylation is 1. The van der Waals surface area contributed by atoms with Crippen LogP contribution in [0.25, 0.3) is 40.5 Å². The van der Waals surface area contributed by atoms with Crippen LogP contribution in [0.1, 0.15) is 29.2 Å². The minimum Gasteiger partial charge on any atom is -0.496 e. The molecule has 0 bridgehead atoms. The Kier molecular flexibility index (Phi) is 14.3. The fourth-order valence-corrected chi connectivity index (χ4v) is 4.82. The third-order valence-electron chi connectivity index (χ3n) is 7.03. The Morgan fingerprint density at radius 2 is 1.15 bits per heavy atom. The van der Waals surface area contributed by atoms with Crippen molar-refractivity contribution in [2.45, 2.75) is 13.8 Å². The van der Waals surface area contributed by atoms with Gasteiger partial charge in [-0.2, -0.15) is 0 Å². The standard InChI is InChI=1S/C49H28O4/c1-7-11-14-15-16-17-18-19-32-51-44-23-20-22-41(34-44)45-33-38(5)24-25-39(45)26-27-43-35-46(40(21-10-4)36-48(43)50-6)42-28-29-47(52-30-12-8-2)49(37-42)53-31-13-9-3/h1-3,10,20-29,33-37H,4-6H3/b21-10+,27-26+. The van der Waals surface area contributed by atoms with E-state index in [1.165, 1.54) is 0 Å². The normalized spacial score (nSPS) is 9.06. The van der Waals surface area contributed by atoms with Crippen molar-refractivity contribution in [3.63, 3.8) is 0 Å². The molecule has 0 aliphatic carbocycles. The van der Waals surface area contributed by atoms with E-state index in [1.54, 1.807) is 19.2 Å². The molecule has 4 aromatic carbocycles. The fraction of sp³-hybridized carbons (Fsp3) is 0.0612. The van der Waals surface area contributed by atoms with Crippen LogP contribution in [-0.4, -0.2) is 7.11 Å². The lowest BCUT2D eigenvalue weighted by atomic mass is 9.94. The van der Waals surface area contributed by atoms with E-state index >= 15 is 0 Å². The van der Waals surface area contributed by atoms with Gasteiger partial charge in [0.25, 0.3) is 0 Å². The highest BCUT2D eigenvalue weighted by molar-refractivity contribution is 5.86. The van der Waals surface area contributed by atoms with E-state index in [0.717, 1.165) is 44.5 Å². The smallest absolute Gasteiger partial charge is 0.184 e. The Balaban J connectivity index is 1.73. The zero-order valence-electron chi connectivity index (χ0n) is 29.1. The molecule has 0 saturated carbocycles. The number of benzene rings is 4. The largest absolute Gasteiger partial charge is 0.496 e. The molecular weight excluding hydrogens is 653 g/mol. The van der Waals surface area contributed by atoms with Crippen LogP contribution in [0.4, 0.5) is 0 Å². The first-order valence-corrected chi connectivity index (χ1v) is 15.8.